The molecule has 0 aromatic carbocycles. The molecule has 1 aliphatic heterocycles. The van der Waals surface area contributed by atoms with Gasteiger partial charge in [-0.15, -0.1) is 12.4 Å². The van der Waals surface area contributed by atoms with Crippen molar-refractivity contribution in [2.45, 2.75) is 25.8 Å². The first-order valence-corrected chi connectivity index (χ1v) is 5.18. The molecule has 90 valence electrons. The number of hydrogen-bond acceptors (Lipinski definition) is 4. The largest absolute Gasteiger partial charge is 0.468 e. The molecular formula is C10H21ClN2O2. The van der Waals surface area contributed by atoms with Crippen molar-refractivity contribution >= 4 is 18.4 Å². The second-order valence-electron chi connectivity index (χ2n) is 4.07. The van der Waals surface area contributed by atoms with Crippen LogP contribution in [0, 0.1) is 5.92 Å². The predicted molar refractivity (Wildman–Crippen MR) is 62.1 cm³/mol. The average Bonchev–Trinajstić information content (AvgIpc) is 2.18. The zero-order valence-electron chi connectivity index (χ0n) is 9.44. The SMILES string of the molecule is COC(=O)CN1CCCC(C(C)N)C1.Cl. The number of methoxy groups -OCH3 is 1. The summed E-state index contributed by atoms with van der Waals surface area (Å²) in [6.45, 7) is 4.34. The summed E-state index contributed by atoms with van der Waals surface area (Å²) < 4.78 is 4.64. The molecule has 15 heavy (non-hydrogen) atoms. The van der Waals surface area contributed by atoms with Gasteiger partial charge in [0.05, 0.1) is 13.7 Å². The van der Waals surface area contributed by atoms with Crippen molar-refractivity contribution in [2.75, 3.05) is 26.7 Å². The molecular weight excluding hydrogens is 216 g/mol. The topological polar surface area (TPSA) is 55.6 Å². The molecule has 0 saturated carbocycles. The molecule has 1 rings (SSSR count). The molecule has 1 saturated heterocycles. The smallest absolute Gasteiger partial charge is 0.319 e. The molecule has 0 bridgehead atoms. The molecule has 2 atom stereocenters. The number of carbonyl (C=O) groups is 1. The maximum Gasteiger partial charge on any atom is 0.319 e. The highest BCUT2D eigenvalue weighted by Gasteiger charge is 2.23. The lowest BCUT2D eigenvalue weighted by Crippen LogP contribution is -2.44. The van der Waals surface area contributed by atoms with Crippen LogP contribution in [0.4, 0.5) is 0 Å². The van der Waals surface area contributed by atoms with Crippen LogP contribution in [0.1, 0.15) is 19.8 Å². The summed E-state index contributed by atoms with van der Waals surface area (Å²) in [7, 11) is 1.43. The van der Waals surface area contributed by atoms with E-state index in [1.807, 2.05) is 6.92 Å². The molecule has 1 heterocycles. The van der Waals surface area contributed by atoms with Gasteiger partial charge in [-0.05, 0) is 32.2 Å². The summed E-state index contributed by atoms with van der Waals surface area (Å²) in [6.07, 6.45) is 2.30. The van der Waals surface area contributed by atoms with Crippen LogP contribution in [0.2, 0.25) is 0 Å². The first-order valence-electron chi connectivity index (χ1n) is 5.18. The number of nitrogens with zero attached hydrogens (tertiary/aromatic N) is 1. The zero-order chi connectivity index (χ0) is 10.6. The van der Waals surface area contributed by atoms with Gasteiger partial charge < -0.3 is 10.5 Å². The fourth-order valence-electron chi connectivity index (χ4n) is 1.91. The predicted octanol–water partition coefficient (Wildman–Crippen LogP) is 0.640. The van der Waals surface area contributed by atoms with Gasteiger partial charge in [0.15, 0.2) is 0 Å². The molecule has 0 aromatic rings. The van der Waals surface area contributed by atoms with Crippen molar-refractivity contribution in [1.29, 1.82) is 0 Å². The number of piperidine rings is 1. The number of ether oxygens (including phenoxy) is 1. The highest BCUT2D eigenvalue weighted by atomic mass is 35.5. The van der Waals surface area contributed by atoms with Crippen molar-refractivity contribution in [3.8, 4) is 0 Å². The van der Waals surface area contributed by atoms with Gasteiger partial charge in [-0.3, -0.25) is 9.69 Å². The van der Waals surface area contributed by atoms with E-state index >= 15 is 0 Å². The first-order chi connectivity index (χ1) is 6.63. The van der Waals surface area contributed by atoms with Crippen LogP contribution < -0.4 is 5.73 Å². The third-order valence-electron chi connectivity index (χ3n) is 2.87. The summed E-state index contributed by atoms with van der Waals surface area (Å²) in [5, 5.41) is 0. The number of nitrogens with two attached hydrogens (primary N) is 1. The number of rotatable bonds is 3. The highest BCUT2D eigenvalue weighted by Crippen LogP contribution is 2.18. The minimum Gasteiger partial charge on any atom is -0.468 e. The number of likely N-dealkylation sites (tertiary alicyclic amines) is 1. The Bertz CT molecular complexity index is 200. The summed E-state index contributed by atoms with van der Waals surface area (Å²) in [5.74, 6) is 0.365. The number of carbonyl (C=O) groups excluding carboxylic acids is 1. The van der Waals surface area contributed by atoms with Crippen LogP contribution in [-0.2, 0) is 9.53 Å². The van der Waals surface area contributed by atoms with Crippen molar-refractivity contribution in [3.63, 3.8) is 0 Å². The monoisotopic (exact) mass is 236 g/mol. The third-order valence-corrected chi connectivity index (χ3v) is 2.87. The van der Waals surface area contributed by atoms with Gasteiger partial charge in [0.25, 0.3) is 0 Å². The fourth-order valence-corrected chi connectivity index (χ4v) is 1.91. The van der Waals surface area contributed by atoms with E-state index in [1.165, 1.54) is 13.5 Å². The second kappa shape index (κ2) is 7.04. The van der Waals surface area contributed by atoms with Crippen LogP contribution in [0.25, 0.3) is 0 Å². The van der Waals surface area contributed by atoms with E-state index in [9.17, 15) is 4.79 Å². The van der Waals surface area contributed by atoms with Crippen LogP contribution in [0.5, 0.6) is 0 Å². The molecule has 4 nitrogen and oxygen atoms in total. The Morgan fingerprint density at radius 2 is 2.33 bits per heavy atom. The van der Waals surface area contributed by atoms with Gasteiger partial charge in [-0.2, -0.15) is 0 Å². The van der Waals surface area contributed by atoms with Gasteiger partial charge >= 0.3 is 5.97 Å². The second-order valence-corrected chi connectivity index (χ2v) is 4.07. The van der Waals surface area contributed by atoms with Crippen molar-refractivity contribution in [2.24, 2.45) is 11.7 Å². The minimum atomic E-state index is -0.157. The Kier molecular flexibility index (Phi) is 6.89. The quantitative estimate of drug-likeness (QED) is 0.731. The lowest BCUT2D eigenvalue weighted by molar-refractivity contribution is -0.142. The standard InChI is InChI=1S/C10H20N2O2.ClH/c1-8(11)9-4-3-5-12(6-9)7-10(13)14-2;/h8-9H,3-7,11H2,1-2H3;1H. The highest BCUT2D eigenvalue weighted by molar-refractivity contribution is 5.85. The Balaban J connectivity index is 0.00000196. The molecule has 2 N–H and O–H groups in total. The van der Waals surface area contributed by atoms with E-state index in [-0.39, 0.29) is 24.4 Å². The number of hydrogen-bond donors (Lipinski definition) is 1. The Hall–Kier alpha value is -0.320. The zero-order valence-corrected chi connectivity index (χ0v) is 10.3. The summed E-state index contributed by atoms with van der Waals surface area (Å²) in [6, 6.07) is 0.218. The molecule has 0 aliphatic carbocycles. The van der Waals surface area contributed by atoms with E-state index in [4.69, 9.17) is 5.73 Å². The number of esters is 1. The van der Waals surface area contributed by atoms with E-state index in [0.717, 1.165) is 19.5 Å². The lowest BCUT2D eigenvalue weighted by Gasteiger charge is -2.33. The van der Waals surface area contributed by atoms with Crippen molar-refractivity contribution in [1.82, 2.24) is 4.90 Å². The van der Waals surface area contributed by atoms with Crippen molar-refractivity contribution in [3.05, 3.63) is 0 Å². The summed E-state index contributed by atoms with van der Waals surface area (Å²) in [5.41, 5.74) is 5.85. The van der Waals surface area contributed by atoms with E-state index < -0.39 is 0 Å². The van der Waals surface area contributed by atoms with Crippen LogP contribution in [0.15, 0.2) is 0 Å². The maximum atomic E-state index is 11.1. The molecule has 0 aromatic heterocycles. The van der Waals surface area contributed by atoms with Gasteiger partial charge in [0, 0.05) is 12.6 Å². The summed E-state index contributed by atoms with van der Waals surface area (Å²) in [4.78, 5) is 13.2. The van der Waals surface area contributed by atoms with E-state index in [1.54, 1.807) is 0 Å². The Morgan fingerprint density at radius 3 is 2.87 bits per heavy atom. The maximum absolute atomic E-state index is 11.1. The molecule has 1 fully saturated rings. The van der Waals surface area contributed by atoms with Crippen LogP contribution in [0.3, 0.4) is 0 Å². The molecule has 5 heteroatoms. The van der Waals surface area contributed by atoms with Gasteiger partial charge in [-0.25, -0.2) is 0 Å². The Labute approximate surface area is 97.5 Å². The van der Waals surface area contributed by atoms with Gasteiger partial charge in [0.1, 0.15) is 0 Å². The molecule has 0 amide bonds. The van der Waals surface area contributed by atoms with E-state index in [2.05, 4.69) is 9.64 Å². The van der Waals surface area contributed by atoms with E-state index in [0.29, 0.717) is 12.5 Å². The third kappa shape index (κ3) is 4.82. The Morgan fingerprint density at radius 1 is 1.67 bits per heavy atom. The fraction of sp³-hybridized carbons (Fsp3) is 0.900. The first kappa shape index (κ1) is 14.7. The lowest BCUT2D eigenvalue weighted by atomic mass is 9.92. The molecule has 0 radical (unpaired) electrons. The molecule has 2 unspecified atom stereocenters. The molecule has 0 spiro atoms. The van der Waals surface area contributed by atoms with Gasteiger partial charge in [0.2, 0.25) is 0 Å². The van der Waals surface area contributed by atoms with Crippen LogP contribution in [-0.4, -0.2) is 43.7 Å². The van der Waals surface area contributed by atoms with Crippen LogP contribution >= 0.6 is 12.4 Å². The minimum absolute atomic E-state index is 0. The van der Waals surface area contributed by atoms with Gasteiger partial charge in [-0.1, -0.05) is 0 Å². The molecule has 1 aliphatic rings. The average molecular weight is 237 g/mol. The van der Waals surface area contributed by atoms with Crippen molar-refractivity contribution < 1.29 is 9.53 Å². The normalized spacial score (nSPS) is 24.1. The summed E-state index contributed by atoms with van der Waals surface area (Å²) >= 11 is 0. The number of halogens is 1.